The van der Waals surface area contributed by atoms with E-state index in [0.717, 1.165) is 31.9 Å². The van der Waals surface area contributed by atoms with Crippen LogP contribution in [0.4, 0.5) is 11.4 Å². The number of para-hydroxylation sites is 1. The number of nitrogens with one attached hydrogen (secondary N) is 2. The molecule has 1 heterocycles. The van der Waals surface area contributed by atoms with Crippen LogP contribution in [0.5, 0.6) is 5.75 Å². The summed E-state index contributed by atoms with van der Waals surface area (Å²) < 4.78 is 10.3. The van der Waals surface area contributed by atoms with E-state index in [2.05, 4.69) is 17.3 Å². The number of rotatable bonds is 6. The summed E-state index contributed by atoms with van der Waals surface area (Å²) in [7, 11) is 3.49. The van der Waals surface area contributed by atoms with E-state index in [-0.39, 0.29) is 12.5 Å². The zero-order chi connectivity index (χ0) is 20.8. The van der Waals surface area contributed by atoms with Crippen LogP contribution in [0.1, 0.15) is 10.4 Å². The topological polar surface area (TPSA) is 72.3 Å². The second-order valence-corrected chi connectivity index (χ2v) is 7.34. The van der Waals surface area contributed by atoms with Crippen molar-refractivity contribution in [3.63, 3.8) is 0 Å². The number of carbonyl (C=O) groups is 2. The van der Waals surface area contributed by atoms with Gasteiger partial charge < -0.3 is 24.6 Å². The molecule has 2 N–H and O–H groups in total. The second-order valence-electron chi connectivity index (χ2n) is 6.93. The summed E-state index contributed by atoms with van der Waals surface area (Å²) in [5, 5.41) is 3.30. The lowest BCUT2D eigenvalue weighted by atomic mass is 10.1. The summed E-state index contributed by atoms with van der Waals surface area (Å²) in [4.78, 5) is 28.1. The van der Waals surface area contributed by atoms with E-state index in [1.807, 2.05) is 6.07 Å². The fourth-order valence-corrected chi connectivity index (χ4v) is 3.37. The van der Waals surface area contributed by atoms with Gasteiger partial charge in [-0.1, -0.05) is 23.7 Å². The Morgan fingerprint density at radius 3 is 2.59 bits per heavy atom. The van der Waals surface area contributed by atoms with Gasteiger partial charge in [-0.15, -0.1) is 0 Å². The van der Waals surface area contributed by atoms with E-state index < -0.39 is 5.97 Å². The zero-order valence-electron chi connectivity index (χ0n) is 16.5. The van der Waals surface area contributed by atoms with Gasteiger partial charge in [-0.2, -0.15) is 0 Å². The summed E-state index contributed by atoms with van der Waals surface area (Å²) in [5.74, 6) is -0.356. The van der Waals surface area contributed by atoms with Crippen LogP contribution in [0, 0.1) is 0 Å². The third-order valence-electron chi connectivity index (χ3n) is 4.84. The van der Waals surface area contributed by atoms with E-state index in [1.165, 1.54) is 12.0 Å². The van der Waals surface area contributed by atoms with Gasteiger partial charge in [-0.25, -0.2) is 4.79 Å². The van der Waals surface area contributed by atoms with Gasteiger partial charge in [-0.3, -0.25) is 4.79 Å². The van der Waals surface area contributed by atoms with E-state index in [0.29, 0.717) is 22.0 Å². The Morgan fingerprint density at radius 1 is 1.17 bits per heavy atom. The molecule has 2 aromatic carbocycles. The van der Waals surface area contributed by atoms with Crippen LogP contribution in [0.2, 0.25) is 5.02 Å². The molecule has 3 rings (SSSR count). The number of hydrogen-bond donors (Lipinski definition) is 2. The largest absolute Gasteiger partial charge is 0.482 e. The van der Waals surface area contributed by atoms with Crippen molar-refractivity contribution in [2.75, 3.05) is 57.2 Å². The third-order valence-corrected chi connectivity index (χ3v) is 5.16. The normalized spacial score (nSPS) is 14.4. The Labute approximate surface area is 175 Å². The molecule has 8 heteroatoms. The van der Waals surface area contributed by atoms with Crippen LogP contribution in [0.15, 0.2) is 42.5 Å². The molecule has 1 amide bonds. The molecule has 1 aliphatic heterocycles. The molecule has 154 valence electrons. The molecular formula is C21H25ClN3O4+. The van der Waals surface area contributed by atoms with Gasteiger partial charge in [-0.05, 0) is 30.3 Å². The van der Waals surface area contributed by atoms with Crippen LogP contribution in [-0.4, -0.2) is 58.8 Å². The number of anilines is 2. The first-order chi connectivity index (χ1) is 14.0. The van der Waals surface area contributed by atoms with E-state index in [9.17, 15) is 9.59 Å². The second kappa shape index (κ2) is 9.62. The van der Waals surface area contributed by atoms with Gasteiger partial charge in [0, 0.05) is 0 Å². The molecule has 0 spiro atoms. The van der Waals surface area contributed by atoms with Gasteiger partial charge in [0.1, 0.15) is 5.75 Å². The number of quaternary nitrogens is 1. The molecule has 0 aliphatic carbocycles. The smallest absolute Gasteiger partial charge is 0.337 e. The maximum Gasteiger partial charge on any atom is 0.337 e. The van der Waals surface area contributed by atoms with E-state index in [1.54, 1.807) is 36.4 Å². The molecule has 2 aromatic rings. The number of esters is 1. The molecule has 0 radical (unpaired) electrons. The summed E-state index contributed by atoms with van der Waals surface area (Å²) in [5.41, 5.74) is 1.80. The summed E-state index contributed by atoms with van der Waals surface area (Å²) in [6, 6.07) is 12.2. The summed E-state index contributed by atoms with van der Waals surface area (Å²) in [6.45, 7) is 3.53. The quantitative estimate of drug-likeness (QED) is 0.695. The molecule has 0 atom stereocenters. The number of methoxy groups -OCH3 is 1. The molecule has 0 unspecified atom stereocenters. The Bertz CT molecular complexity index is 882. The maximum absolute atomic E-state index is 12.5. The predicted octanol–water partition coefficient (Wildman–Crippen LogP) is 1.48. The highest BCUT2D eigenvalue weighted by molar-refractivity contribution is 6.32. The first-order valence-electron chi connectivity index (χ1n) is 9.43. The van der Waals surface area contributed by atoms with Crippen LogP contribution < -0.4 is 19.9 Å². The first-order valence-corrected chi connectivity index (χ1v) is 9.81. The van der Waals surface area contributed by atoms with Crippen molar-refractivity contribution < 1.29 is 24.0 Å². The number of nitrogens with zero attached hydrogens (tertiary/aromatic N) is 1. The zero-order valence-corrected chi connectivity index (χ0v) is 17.3. The Kier molecular flexibility index (Phi) is 6.95. The van der Waals surface area contributed by atoms with Crippen molar-refractivity contribution in [3.05, 3.63) is 53.1 Å². The number of carbonyl (C=O) groups excluding carboxylic acids is 2. The van der Waals surface area contributed by atoms with Gasteiger partial charge in [0.25, 0.3) is 5.91 Å². The highest BCUT2D eigenvalue weighted by Crippen LogP contribution is 2.28. The van der Waals surface area contributed by atoms with Crippen molar-refractivity contribution >= 4 is 34.9 Å². The Balaban J connectivity index is 1.76. The predicted molar refractivity (Wildman–Crippen MR) is 112 cm³/mol. The van der Waals surface area contributed by atoms with Crippen LogP contribution in [-0.2, 0) is 9.53 Å². The molecule has 1 fully saturated rings. The van der Waals surface area contributed by atoms with E-state index >= 15 is 0 Å². The van der Waals surface area contributed by atoms with Crippen molar-refractivity contribution in [3.8, 4) is 5.75 Å². The number of hydrogen-bond acceptors (Lipinski definition) is 5. The fourth-order valence-electron chi connectivity index (χ4n) is 3.18. The van der Waals surface area contributed by atoms with Gasteiger partial charge in [0.2, 0.25) is 0 Å². The number of piperazine rings is 1. The standard InChI is InChI=1S/C21H24ClN3O4/c1-24-9-11-25(12-10-24)18-8-7-15(21(27)28-2)13-17(18)23-20(26)14-29-19-6-4-3-5-16(19)22/h3-8,13H,9-12,14H2,1-2H3,(H,23,26)/p+1. The SMILES string of the molecule is COC(=O)c1ccc(N2CC[NH+](C)CC2)c(NC(=O)COc2ccccc2Cl)c1. The van der Waals surface area contributed by atoms with Gasteiger partial charge in [0.05, 0.1) is 62.3 Å². The minimum absolute atomic E-state index is 0.196. The lowest BCUT2D eigenvalue weighted by molar-refractivity contribution is -0.880. The van der Waals surface area contributed by atoms with Crippen LogP contribution in [0.25, 0.3) is 0 Å². The third kappa shape index (κ3) is 5.40. The lowest BCUT2D eigenvalue weighted by Gasteiger charge is -2.33. The molecule has 0 aromatic heterocycles. The Hall–Kier alpha value is -2.77. The number of ether oxygens (including phenoxy) is 2. The minimum atomic E-state index is -0.456. The average molecular weight is 419 g/mol. The number of halogens is 1. The number of amides is 1. The molecular weight excluding hydrogens is 394 g/mol. The fraction of sp³-hybridized carbons (Fsp3) is 0.333. The molecule has 29 heavy (non-hydrogen) atoms. The molecule has 0 bridgehead atoms. The summed E-state index contributed by atoms with van der Waals surface area (Å²) >= 11 is 6.06. The molecule has 0 saturated carbocycles. The number of benzene rings is 2. The van der Waals surface area contributed by atoms with Crippen molar-refractivity contribution in [2.24, 2.45) is 0 Å². The number of likely N-dealkylation sites (N-methyl/N-ethyl adjacent to an activating group) is 1. The van der Waals surface area contributed by atoms with Crippen LogP contribution in [0.3, 0.4) is 0 Å². The monoisotopic (exact) mass is 418 g/mol. The summed E-state index contributed by atoms with van der Waals surface area (Å²) in [6.07, 6.45) is 0. The molecule has 7 nitrogen and oxygen atoms in total. The Morgan fingerprint density at radius 2 is 1.90 bits per heavy atom. The maximum atomic E-state index is 12.5. The minimum Gasteiger partial charge on any atom is -0.482 e. The van der Waals surface area contributed by atoms with Gasteiger partial charge >= 0.3 is 5.97 Å². The van der Waals surface area contributed by atoms with Crippen molar-refractivity contribution in [1.82, 2.24) is 0 Å². The van der Waals surface area contributed by atoms with E-state index in [4.69, 9.17) is 21.1 Å². The van der Waals surface area contributed by atoms with Crippen molar-refractivity contribution in [2.45, 2.75) is 0 Å². The average Bonchev–Trinajstić information content (AvgIpc) is 2.73. The van der Waals surface area contributed by atoms with Crippen LogP contribution >= 0.6 is 11.6 Å². The molecule has 1 aliphatic rings. The van der Waals surface area contributed by atoms with Gasteiger partial charge in [0.15, 0.2) is 6.61 Å². The van der Waals surface area contributed by atoms with Crippen molar-refractivity contribution in [1.29, 1.82) is 0 Å². The first kappa shape index (κ1) is 21.0. The highest BCUT2D eigenvalue weighted by Gasteiger charge is 2.21. The highest BCUT2D eigenvalue weighted by atomic mass is 35.5. The lowest BCUT2D eigenvalue weighted by Crippen LogP contribution is -3.12. The molecule has 1 saturated heterocycles.